The van der Waals surface area contributed by atoms with Crippen molar-refractivity contribution in [1.29, 1.82) is 0 Å². The number of rotatable bonds is 11. The van der Waals surface area contributed by atoms with Gasteiger partial charge >= 0.3 is 5.97 Å². The van der Waals surface area contributed by atoms with Crippen LogP contribution in [0, 0.1) is 23.7 Å². The van der Waals surface area contributed by atoms with E-state index in [0.29, 0.717) is 24.8 Å². The Balaban J connectivity index is 2.17. The molecule has 322 valence electrons. The van der Waals surface area contributed by atoms with Crippen molar-refractivity contribution in [1.82, 2.24) is 36.8 Å². The number of nitrogens with zero attached hydrogens (tertiary/aromatic N) is 1. The average Bonchev–Trinajstić information content (AvgIpc) is 3.65. The highest BCUT2D eigenvalue weighted by atomic mass is 16.5. The zero-order chi connectivity index (χ0) is 43.4. The first-order valence-electron chi connectivity index (χ1n) is 20.6. The van der Waals surface area contributed by atoms with Crippen LogP contribution < -0.4 is 31.9 Å². The second-order valence-electron chi connectivity index (χ2n) is 16.8. The van der Waals surface area contributed by atoms with Gasteiger partial charge in [0.15, 0.2) is 0 Å². The molecule has 58 heavy (non-hydrogen) atoms. The molecule has 3 rings (SSSR count). The second-order valence-corrected chi connectivity index (χ2v) is 16.8. The predicted octanol–water partition coefficient (Wildman–Crippen LogP) is 1.50. The van der Waals surface area contributed by atoms with Crippen molar-refractivity contribution >= 4 is 47.3 Å². The number of hydrogen-bond acceptors (Lipinski definition) is 9. The molecule has 2 saturated heterocycles. The number of cyclic esters (lactones) is 1. The van der Waals surface area contributed by atoms with Crippen LogP contribution in [0.2, 0.25) is 0 Å². The van der Waals surface area contributed by atoms with Crippen LogP contribution >= 0.6 is 0 Å². The minimum Gasteiger partial charge on any atom is -0.458 e. The van der Waals surface area contributed by atoms with Crippen molar-refractivity contribution in [2.45, 2.75) is 150 Å². The Hall–Kier alpha value is -5.02. The molecular formula is C42H65N7O9. The Bertz CT molecular complexity index is 1630. The van der Waals surface area contributed by atoms with Crippen LogP contribution in [0.25, 0.3) is 0 Å². The molecule has 2 aliphatic rings. The highest BCUT2D eigenvalue weighted by molar-refractivity contribution is 5.98. The SMILES string of the molecule is CCCC(=O)NC(C(=O)NC1C(=O)NC(Cc2ccccc2)C(=O)N2CCCC2C(=O)NC(C(C)C)C(=O)NC(C(C)C)C(=O)NC(C(C)C)C(=O)OC1C)C(C)C. The van der Waals surface area contributed by atoms with E-state index < -0.39 is 113 Å². The van der Waals surface area contributed by atoms with Gasteiger partial charge in [0.25, 0.3) is 0 Å². The summed E-state index contributed by atoms with van der Waals surface area (Å²) in [5.74, 6) is -7.01. The van der Waals surface area contributed by atoms with Gasteiger partial charge in [-0.25, -0.2) is 4.79 Å². The maximum atomic E-state index is 14.5. The Kier molecular flexibility index (Phi) is 17.7. The third-order valence-corrected chi connectivity index (χ3v) is 10.5. The van der Waals surface area contributed by atoms with Gasteiger partial charge in [-0.15, -0.1) is 0 Å². The van der Waals surface area contributed by atoms with Gasteiger partial charge in [0, 0.05) is 19.4 Å². The van der Waals surface area contributed by atoms with Crippen LogP contribution in [0.1, 0.15) is 100 Å². The zero-order valence-electron chi connectivity index (χ0n) is 35.7. The van der Waals surface area contributed by atoms with Gasteiger partial charge in [-0.3, -0.25) is 33.6 Å². The smallest absolute Gasteiger partial charge is 0.329 e. The van der Waals surface area contributed by atoms with E-state index in [1.54, 1.807) is 85.7 Å². The van der Waals surface area contributed by atoms with Crippen LogP contribution in [0.5, 0.6) is 0 Å². The van der Waals surface area contributed by atoms with Gasteiger partial charge in [-0.05, 0) is 55.4 Å². The molecular weight excluding hydrogens is 747 g/mol. The first-order valence-corrected chi connectivity index (χ1v) is 20.6. The molecule has 0 spiro atoms. The maximum Gasteiger partial charge on any atom is 0.329 e. The third kappa shape index (κ3) is 12.7. The van der Waals surface area contributed by atoms with Gasteiger partial charge in [-0.1, -0.05) is 92.6 Å². The largest absolute Gasteiger partial charge is 0.458 e. The number of fused-ring (bicyclic) bond motifs is 1. The van der Waals surface area contributed by atoms with Gasteiger partial charge < -0.3 is 41.5 Å². The molecule has 0 bridgehead atoms. The van der Waals surface area contributed by atoms with Gasteiger partial charge in [-0.2, -0.15) is 0 Å². The van der Waals surface area contributed by atoms with E-state index in [2.05, 4.69) is 31.9 Å². The molecule has 0 aliphatic carbocycles. The fraction of sp³-hybridized carbons (Fsp3) is 0.667. The highest BCUT2D eigenvalue weighted by Crippen LogP contribution is 2.22. The Morgan fingerprint density at radius 1 is 0.776 bits per heavy atom. The number of benzene rings is 1. The fourth-order valence-corrected chi connectivity index (χ4v) is 7.09. The summed E-state index contributed by atoms with van der Waals surface area (Å²) < 4.78 is 5.86. The fourth-order valence-electron chi connectivity index (χ4n) is 7.09. The first-order chi connectivity index (χ1) is 27.3. The lowest BCUT2D eigenvalue weighted by Crippen LogP contribution is -2.62. The maximum absolute atomic E-state index is 14.5. The Morgan fingerprint density at radius 2 is 1.33 bits per heavy atom. The van der Waals surface area contributed by atoms with Crippen LogP contribution in [0.4, 0.5) is 0 Å². The summed E-state index contributed by atoms with van der Waals surface area (Å²) in [4.78, 5) is 112. The summed E-state index contributed by atoms with van der Waals surface area (Å²) in [6, 6.07) is 0.671. The van der Waals surface area contributed by atoms with E-state index >= 15 is 0 Å². The van der Waals surface area contributed by atoms with Crippen molar-refractivity contribution in [3.63, 3.8) is 0 Å². The quantitative estimate of drug-likeness (QED) is 0.178. The standard InChI is InChI=1S/C42H65N7O9/c1-11-16-30(50)44-31(22(2)3)37(52)48-35-26(10)58-42(57)34(25(8)9)47-39(54)33(24(6)7)46-38(53)32(23(4)5)45-36(51)29-19-15-20-49(29)41(56)28(43-40(35)55)21-27-17-13-12-14-18-27/h12-14,17-18,22-26,28-29,31-35H,11,15-16,19-21H2,1-10H3,(H,43,55)(H,44,50)(H,45,51)(H,46,53)(H,47,54)(H,48,52). The number of carbonyl (C=O) groups is 8. The van der Waals surface area contributed by atoms with Crippen molar-refractivity contribution in [2.75, 3.05) is 6.54 Å². The normalized spacial score (nSPS) is 26.1. The van der Waals surface area contributed by atoms with E-state index in [-0.39, 0.29) is 25.3 Å². The molecule has 8 unspecified atom stereocenters. The second kappa shape index (κ2) is 21.7. The summed E-state index contributed by atoms with van der Waals surface area (Å²) in [5.41, 5.74) is 0.699. The van der Waals surface area contributed by atoms with Crippen LogP contribution in [-0.2, 0) is 49.5 Å². The molecule has 2 aliphatic heterocycles. The van der Waals surface area contributed by atoms with Gasteiger partial charge in [0.2, 0.25) is 41.4 Å². The molecule has 0 radical (unpaired) electrons. The summed E-state index contributed by atoms with van der Waals surface area (Å²) in [5, 5.41) is 16.5. The zero-order valence-corrected chi connectivity index (χ0v) is 35.7. The molecule has 0 aromatic heterocycles. The minimum absolute atomic E-state index is 0.0157. The molecule has 1 aromatic rings. The van der Waals surface area contributed by atoms with E-state index in [1.165, 1.54) is 11.8 Å². The van der Waals surface area contributed by atoms with E-state index in [1.807, 2.05) is 6.92 Å². The number of carbonyl (C=O) groups excluding carboxylic acids is 8. The lowest BCUT2D eigenvalue weighted by atomic mass is 9.98. The molecule has 1 aromatic carbocycles. The first kappa shape index (κ1) is 47.4. The monoisotopic (exact) mass is 811 g/mol. The van der Waals surface area contributed by atoms with E-state index in [4.69, 9.17) is 4.74 Å². The van der Waals surface area contributed by atoms with Crippen molar-refractivity contribution in [3.05, 3.63) is 35.9 Å². The number of hydrogen-bond donors (Lipinski definition) is 6. The molecule has 7 amide bonds. The molecule has 2 fully saturated rings. The third-order valence-electron chi connectivity index (χ3n) is 10.5. The molecule has 16 heteroatoms. The molecule has 2 heterocycles. The number of esters is 1. The minimum atomic E-state index is -1.58. The van der Waals surface area contributed by atoms with Crippen molar-refractivity contribution in [3.8, 4) is 0 Å². The van der Waals surface area contributed by atoms with Crippen LogP contribution in [-0.4, -0.2) is 107 Å². The van der Waals surface area contributed by atoms with Crippen LogP contribution in [0.3, 0.4) is 0 Å². The van der Waals surface area contributed by atoms with E-state index in [0.717, 1.165) is 0 Å². The highest BCUT2D eigenvalue weighted by Gasteiger charge is 2.43. The predicted molar refractivity (Wildman–Crippen MR) is 216 cm³/mol. The summed E-state index contributed by atoms with van der Waals surface area (Å²) in [6.07, 6.45) is 0.156. The number of amides is 7. The summed E-state index contributed by atoms with van der Waals surface area (Å²) in [6.45, 7) is 17.2. The average molecular weight is 812 g/mol. The lowest BCUT2D eigenvalue weighted by Gasteiger charge is -2.32. The van der Waals surface area contributed by atoms with Crippen LogP contribution in [0.15, 0.2) is 30.3 Å². The molecule has 16 nitrogen and oxygen atoms in total. The molecule has 0 saturated carbocycles. The number of ether oxygens (including phenoxy) is 1. The van der Waals surface area contributed by atoms with Crippen molar-refractivity contribution < 1.29 is 43.1 Å². The van der Waals surface area contributed by atoms with E-state index in [9.17, 15) is 38.4 Å². The lowest BCUT2D eigenvalue weighted by molar-refractivity contribution is -0.157. The molecule has 6 N–H and O–H groups in total. The topological polar surface area (TPSA) is 221 Å². The van der Waals surface area contributed by atoms with Gasteiger partial charge in [0.1, 0.15) is 48.4 Å². The van der Waals surface area contributed by atoms with Crippen molar-refractivity contribution in [2.24, 2.45) is 23.7 Å². The summed E-state index contributed by atoms with van der Waals surface area (Å²) >= 11 is 0. The Labute approximate surface area is 342 Å². The van der Waals surface area contributed by atoms with Gasteiger partial charge in [0.05, 0.1) is 0 Å². The summed E-state index contributed by atoms with van der Waals surface area (Å²) in [7, 11) is 0. The molecule has 8 atom stereocenters. The number of nitrogens with one attached hydrogen (secondary N) is 6. The Morgan fingerprint density at radius 3 is 1.86 bits per heavy atom.